The molecule has 0 bridgehead atoms. The van der Waals surface area contributed by atoms with E-state index < -0.39 is 5.60 Å². The molecule has 0 spiro atoms. The maximum absolute atomic E-state index is 11.6. The highest BCUT2D eigenvalue weighted by Gasteiger charge is 2.17. The zero-order chi connectivity index (χ0) is 16.5. The first-order valence-corrected chi connectivity index (χ1v) is 7.67. The highest BCUT2D eigenvalue weighted by molar-refractivity contribution is 5.67. The lowest BCUT2D eigenvalue weighted by atomic mass is 10.1. The second-order valence-electron chi connectivity index (χ2n) is 6.74. The number of carbonyl (C=O) groups excluding carboxylic acids is 1. The van der Waals surface area contributed by atoms with E-state index in [0.717, 1.165) is 25.9 Å². The van der Waals surface area contributed by atoms with Crippen molar-refractivity contribution in [2.75, 3.05) is 47.3 Å². The number of carbonyl (C=O) groups is 1. The minimum atomic E-state index is -0.458. The topological polar surface area (TPSA) is 70.8 Å². The van der Waals surface area contributed by atoms with Gasteiger partial charge in [0.15, 0.2) is 0 Å². The van der Waals surface area contributed by atoms with Crippen LogP contribution in [-0.2, 0) is 4.74 Å². The molecule has 0 heterocycles. The van der Waals surface area contributed by atoms with Gasteiger partial charge in [0.2, 0.25) is 0 Å². The van der Waals surface area contributed by atoms with Crippen LogP contribution in [-0.4, -0.2) is 74.9 Å². The maximum Gasteiger partial charge on any atom is 0.407 e. The SMILES string of the molecule is CN(C)CCCN(C)C(CN)CCNC(=O)OC(C)(C)C. The third-order valence-corrected chi connectivity index (χ3v) is 3.16. The zero-order valence-electron chi connectivity index (χ0n) is 14.6. The maximum atomic E-state index is 11.6. The van der Waals surface area contributed by atoms with Gasteiger partial charge in [0.25, 0.3) is 0 Å². The lowest BCUT2D eigenvalue weighted by molar-refractivity contribution is 0.0523. The van der Waals surface area contributed by atoms with Gasteiger partial charge in [0.1, 0.15) is 5.60 Å². The molecule has 1 amide bonds. The van der Waals surface area contributed by atoms with E-state index in [-0.39, 0.29) is 12.1 Å². The number of amides is 1. The fourth-order valence-corrected chi connectivity index (χ4v) is 1.99. The molecule has 0 aliphatic rings. The van der Waals surface area contributed by atoms with Crippen LogP contribution < -0.4 is 11.1 Å². The number of ether oxygens (including phenoxy) is 1. The van der Waals surface area contributed by atoms with Crippen LogP contribution in [0.5, 0.6) is 0 Å². The van der Waals surface area contributed by atoms with Crippen LogP contribution >= 0.6 is 0 Å². The Hall–Kier alpha value is -0.850. The van der Waals surface area contributed by atoms with Gasteiger partial charge in [-0.15, -0.1) is 0 Å². The molecule has 0 saturated heterocycles. The number of nitrogens with two attached hydrogens (primary N) is 1. The molecule has 0 saturated carbocycles. The number of nitrogens with zero attached hydrogens (tertiary/aromatic N) is 2. The van der Waals surface area contributed by atoms with Crippen LogP contribution in [0.1, 0.15) is 33.6 Å². The van der Waals surface area contributed by atoms with E-state index in [1.807, 2.05) is 20.8 Å². The van der Waals surface area contributed by atoms with E-state index in [1.54, 1.807) is 0 Å². The Morgan fingerprint density at radius 3 is 2.33 bits per heavy atom. The molecule has 6 nitrogen and oxygen atoms in total. The van der Waals surface area contributed by atoms with Crippen molar-refractivity contribution >= 4 is 6.09 Å². The molecule has 1 atom stereocenters. The Morgan fingerprint density at radius 2 is 1.86 bits per heavy atom. The predicted molar refractivity (Wildman–Crippen MR) is 87.5 cm³/mol. The summed E-state index contributed by atoms with van der Waals surface area (Å²) in [5.74, 6) is 0. The van der Waals surface area contributed by atoms with E-state index >= 15 is 0 Å². The molecule has 3 N–H and O–H groups in total. The Kier molecular flexibility index (Phi) is 9.57. The summed E-state index contributed by atoms with van der Waals surface area (Å²) >= 11 is 0. The summed E-state index contributed by atoms with van der Waals surface area (Å²) in [7, 11) is 6.23. The van der Waals surface area contributed by atoms with Crippen molar-refractivity contribution in [1.29, 1.82) is 0 Å². The van der Waals surface area contributed by atoms with E-state index in [9.17, 15) is 4.79 Å². The number of rotatable bonds is 9. The van der Waals surface area contributed by atoms with Crippen molar-refractivity contribution in [3.63, 3.8) is 0 Å². The second-order valence-corrected chi connectivity index (χ2v) is 6.74. The van der Waals surface area contributed by atoms with Crippen LogP contribution in [0.4, 0.5) is 4.79 Å². The van der Waals surface area contributed by atoms with Gasteiger partial charge in [-0.2, -0.15) is 0 Å². The van der Waals surface area contributed by atoms with Crippen molar-refractivity contribution in [2.24, 2.45) is 5.73 Å². The van der Waals surface area contributed by atoms with E-state index in [2.05, 4.69) is 36.3 Å². The van der Waals surface area contributed by atoms with E-state index in [4.69, 9.17) is 10.5 Å². The third kappa shape index (κ3) is 11.5. The minimum Gasteiger partial charge on any atom is -0.444 e. The largest absolute Gasteiger partial charge is 0.444 e. The van der Waals surface area contributed by atoms with Crippen LogP contribution in [0, 0.1) is 0 Å². The lowest BCUT2D eigenvalue weighted by Gasteiger charge is -2.27. The molecule has 0 aliphatic carbocycles. The summed E-state index contributed by atoms with van der Waals surface area (Å²) in [6.45, 7) is 8.81. The van der Waals surface area contributed by atoms with Crippen molar-refractivity contribution < 1.29 is 9.53 Å². The zero-order valence-corrected chi connectivity index (χ0v) is 14.6. The van der Waals surface area contributed by atoms with Gasteiger partial charge in [-0.3, -0.25) is 0 Å². The molecule has 0 aromatic carbocycles. The Balaban J connectivity index is 3.95. The van der Waals surface area contributed by atoms with Crippen LogP contribution in [0.2, 0.25) is 0 Å². The molecule has 0 aromatic rings. The van der Waals surface area contributed by atoms with Gasteiger partial charge < -0.3 is 25.6 Å². The van der Waals surface area contributed by atoms with Crippen molar-refractivity contribution in [3.8, 4) is 0 Å². The van der Waals surface area contributed by atoms with Crippen LogP contribution in [0.3, 0.4) is 0 Å². The van der Waals surface area contributed by atoms with E-state index in [0.29, 0.717) is 13.1 Å². The smallest absolute Gasteiger partial charge is 0.407 e. The van der Waals surface area contributed by atoms with Crippen LogP contribution in [0.25, 0.3) is 0 Å². The van der Waals surface area contributed by atoms with Gasteiger partial charge in [0, 0.05) is 19.1 Å². The number of likely N-dealkylation sites (N-methyl/N-ethyl adjacent to an activating group) is 1. The molecular formula is C15H34N4O2. The molecule has 21 heavy (non-hydrogen) atoms. The first-order chi connectivity index (χ1) is 9.65. The van der Waals surface area contributed by atoms with Gasteiger partial charge >= 0.3 is 6.09 Å². The van der Waals surface area contributed by atoms with Crippen LogP contribution in [0.15, 0.2) is 0 Å². The average molecular weight is 302 g/mol. The highest BCUT2D eigenvalue weighted by Crippen LogP contribution is 2.07. The van der Waals surface area contributed by atoms with Gasteiger partial charge in [-0.1, -0.05) is 0 Å². The summed E-state index contributed by atoms with van der Waals surface area (Å²) in [6, 6.07) is 0.280. The standard InChI is InChI=1S/C15H34N4O2/c1-15(2,3)21-14(20)17-9-8-13(12-16)19(6)11-7-10-18(4)5/h13H,7-12,16H2,1-6H3,(H,17,20). The number of hydrogen-bond acceptors (Lipinski definition) is 5. The molecule has 6 heteroatoms. The summed E-state index contributed by atoms with van der Waals surface area (Å²) in [5, 5.41) is 2.78. The molecule has 126 valence electrons. The normalized spacial score (nSPS) is 13.6. The summed E-state index contributed by atoms with van der Waals surface area (Å²) in [4.78, 5) is 16.0. The summed E-state index contributed by atoms with van der Waals surface area (Å²) in [5.41, 5.74) is 5.37. The molecule has 0 aromatic heterocycles. The molecule has 0 radical (unpaired) electrons. The third-order valence-electron chi connectivity index (χ3n) is 3.16. The number of alkyl carbamates (subject to hydrolysis) is 1. The van der Waals surface area contributed by atoms with Gasteiger partial charge in [-0.05, 0) is 67.8 Å². The molecule has 0 rings (SSSR count). The average Bonchev–Trinajstić information content (AvgIpc) is 2.31. The molecular weight excluding hydrogens is 268 g/mol. The minimum absolute atomic E-state index is 0.280. The fraction of sp³-hybridized carbons (Fsp3) is 0.933. The first kappa shape index (κ1) is 20.1. The number of nitrogens with one attached hydrogen (secondary N) is 1. The summed E-state index contributed by atoms with van der Waals surface area (Å²) in [6.07, 6.45) is 1.57. The van der Waals surface area contributed by atoms with Crippen molar-refractivity contribution in [2.45, 2.75) is 45.3 Å². The van der Waals surface area contributed by atoms with Gasteiger partial charge in [0.05, 0.1) is 0 Å². The monoisotopic (exact) mass is 302 g/mol. The van der Waals surface area contributed by atoms with Crippen molar-refractivity contribution in [3.05, 3.63) is 0 Å². The van der Waals surface area contributed by atoms with Gasteiger partial charge in [-0.25, -0.2) is 4.79 Å². The Bertz CT molecular complexity index is 290. The molecule has 1 unspecified atom stereocenters. The lowest BCUT2D eigenvalue weighted by Crippen LogP contribution is -2.42. The predicted octanol–water partition coefficient (Wildman–Crippen LogP) is 1.11. The Morgan fingerprint density at radius 1 is 1.24 bits per heavy atom. The first-order valence-electron chi connectivity index (χ1n) is 7.67. The molecule has 0 aliphatic heterocycles. The summed E-state index contributed by atoms with van der Waals surface area (Å²) < 4.78 is 5.20. The second kappa shape index (κ2) is 9.97. The number of hydrogen-bond donors (Lipinski definition) is 2. The Labute approximate surface area is 130 Å². The van der Waals surface area contributed by atoms with Crippen molar-refractivity contribution in [1.82, 2.24) is 15.1 Å². The van der Waals surface area contributed by atoms with E-state index in [1.165, 1.54) is 0 Å². The molecule has 0 fully saturated rings. The highest BCUT2D eigenvalue weighted by atomic mass is 16.6. The fourth-order valence-electron chi connectivity index (χ4n) is 1.99. The quantitative estimate of drug-likeness (QED) is 0.668.